The number of hydrogen-bond acceptors (Lipinski definition) is 6. The first-order chi connectivity index (χ1) is 17.3. The number of likely N-dealkylation sites (tertiary alicyclic amines) is 2. The molecule has 2 aliphatic heterocycles. The van der Waals surface area contributed by atoms with Gasteiger partial charge in [-0.3, -0.25) is 4.79 Å². The molecule has 2 saturated heterocycles. The summed E-state index contributed by atoms with van der Waals surface area (Å²) in [5.74, 6) is -1.89. The monoisotopic (exact) mass is 537 g/mol. The number of sulfonamides is 1. The van der Waals surface area contributed by atoms with Gasteiger partial charge >= 0.3 is 12.1 Å². The highest BCUT2D eigenvalue weighted by Crippen LogP contribution is 2.26. The maximum atomic E-state index is 13.6. The molecule has 3 rings (SSSR count). The van der Waals surface area contributed by atoms with E-state index in [1.165, 1.54) is 16.1 Å². The number of nitrogens with zero attached hydrogens (tertiary/aromatic N) is 3. The number of piperidine rings is 1. The topological polar surface area (TPSA) is 125 Å². The van der Waals surface area contributed by atoms with E-state index in [4.69, 9.17) is 4.74 Å². The van der Waals surface area contributed by atoms with Gasteiger partial charge in [-0.25, -0.2) is 18.0 Å². The van der Waals surface area contributed by atoms with E-state index in [1.54, 1.807) is 56.0 Å². The summed E-state index contributed by atoms with van der Waals surface area (Å²) in [6.45, 7) is 8.24. The molecule has 2 fully saturated rings. The molecule has 2 heterocycles. The van der Waals surface area contributed by atoms with E-state index in [0.29, 0.717) is 50.9 Å². The predicted molar refractivity (Wildman–Crippen MR) is 138 cm³/mol. The zero-order valence-electron chi connectivity index (χ0n) is 22.1. The van der Waals surface area contributed by atoms with Crippen LogP contribution in [0, 0.1) is 5.92 Å². The van der Waals surface area contributed by atoms with Crippen molar-refractivity contribution in [1.82, 2.24) is 14.1 Å². The fourth-order valence-corrected chi connectivity index (χ4v) is 6.70. The van der Waals surface area contributed by atoms with Gasteiger partial charge < -0.3 is 19.6 Å². The molecule has 0 bridgehead atoms. The third kappa shape index (κ3) is 7.67. The number of aliphatic carboxylic acids is 1. The number of carboxylic acid groups (broad SMARTS) is 1. The maximum Gasteiger partial charge on any atom is 0.410 e. The first-order valence-electron chi connectivity index (χ1n) is 12.8. The number of ether oxygens (including phenoxy) is 1. The second-order valence-electron chi connectivity index (χ2n) is 10.9. The number of carbonyl (C=O) groups excluding carboxylic acids is 2. The van der Waals surface area contributed by atoms with Gasteiger partial charge in [0.25, 0.3) is 0 Å². The van der Waals surface area contributed by atoms with Crippen LogP contribution in [-0.2, 0) is 30.1 Å². The molecule has 0 aromatic heterocycles. The molecule has 2 aliphatic rings. The van der Waals surface area contributed by atoms with Crippen molar-refractivity contribution in [2.75, 3.05) is 26.2 Å². The number of hydrogen-bond donors (Lipinski definition) is 1. The van der Waals surface area contributed by atoms with E-state index in [1.807, 2.05) is 0 Å². The van der Waals surface area contributed by atoms with Gasteiger partial charge in [-0.2, -0.15) is 4.31 Å². The molecule has 1 aromatic carbocycles. The number of amides is 2. The Morgan fingerprint density at radius 3 is 2.27 bits per heavy atom. The van der Waals surface area contributed by atoms with Crippen molar-refractivity contribution >= 4 is 28.0 Å². The van der Waals surface area contributed by atoms with Crippen LogP contribution in [0.15, 0.2) is 30.3 Å². The van der Waals surface area contributed by atoms with E-state index in [2.05, 4.69) is 0 Å². The van der Waals surface area contributed by atoms with Crippen molar-refractivity contribution in [3.05, 3.63) is 35.9 Å². The zero-order chi connectivity index (χ0) is 27.4. The lowest BCUT2D eigenvalue weighted by Crippen LogP contribution is -2.54. The average Bonchev–Trinajstić information content (AvgIpc) is 3.31. The maximum absolute atomic E-state index is 13.6. The van der Waals surface area contributed by atoms with Crippen molar-refractivity contribution in [3.8, 4) is 0 Å². The molecule has 1 aromatic rings. The van der Waals surface area contributed by atoms with Gasteiger partial charge in [0.2, 0.25) is 15.9 Å². The number of rotatable bonds is 8. The van der Waals surface area contributed by atoms with Crippen molar-refractivity contribution in [2.45, 2.75) is 76.8 Å². The number of carbonyl (C=O) groups is 3. The molecule has 0 aliphatic carbocycles. The Balaban J connectivity index is 1.77. The van der Waals surface area contributed by atoms with Crippen LogP contribution in [0.2, 0.25) is 0 Å². The Hall–Kier alpha value is -2.66. The van der Waals surface area contributed by atoms with Crippen LogP contribution < -0.4 is 0 Å². The average molecular weight is 538 g/mol. The summed E-state index contributed by atoms with van der Waals surface area (Å²) in [7, 11) is -3.91. The van der Waals surface area contributed by atoms with E-state index in [-0.39, 0.29) is 18.2 Å². The highest BCUT2D eigenvalue weighted by molar-refractivity contribution is 7.88. The van der Waals surface area contributed by atoms with E-state index in [0.717, 1.165) is 0 Å². The molecule has 1 N–H and O–H groups in total. The molecule has 37 heavy (non-hydrogen) atoms. The molecule has 2 atom stereocenters. The van der Waals surface area contributed by atoms with E-state index >= 15 is 0 Å². The summed E-state index contributed by atoms with van der Waals surface area (Å²) in [5.41, 5.74) is 0.00609. The third-order valence-corrected chi connectivity index (χ3v) is 8.74. The quantitative estimate of drug-likeness (QED) is 0.541. The van der Waals surface area contributed by atoms with Gasteiger partial charge in [0.15, 0.2) is 0 Å². The molecule has 11 heteroatoms. The van der Waals surface area contributed by atoms with E-state index < -0.39 is 45.7 Å². The normalized spacial score (nSPS) is 20.2. The number of benzene rings is 1. The minimum Gasteiger partial charge on any atom is -0.480 e. The van der Waals surface area contributed by atoms with Crippen molar-refractivity contribution in [2.24, 2.45) is 5.92 Å². The SMILES string of the molecule is C[C@@H](C(=O)N1CCC[C@H]1C(=O)O)N(CC1CCN(C(=O)OC(C)(C)C)CC1)S(=O)(=O)Cc1ccccc1. The Kier molecular flexibility index (Phi) is 9.22. The Labute approximate surface area is 219 Å². The highest BCUT2D eigenvalue weighted by atomic mass is 32.2. The minimum absolute atomic E-state index is 0.0617. The fraction of sp³-hybridized carbons (Fsp3) is 0.654. The first-order valence-corrected chi connectivity index (χ1v) is 14.4. The summed E-state index contributed by atoms with van der Waals surface area (Å²) in [6, 6.07) is 6.79. The van der Waals surface area contributed by atoms with Crippen LogP contribution in [0.3, 0.4) is 0 Å². The standard InChI is InChI=1S/C26H39N3O7S/c1-19(23(30)28-14-8-11-22(28)24(31)32)29(37(34,35)18-21-9-6-5-7-10-21)17-20-12-15-27(16-13-20)25(33)36-26(2,3)4/h5-7,9-10,19-20,22H,8,11-18H2,1-4H3,(H,31,32)/t19-,22-/m0/s1. The summed E-state index contributed by atoms with van der Waals surface area (Å²) in [5, 5.41) is 9.54. The molecule has 10 nitrogen and oxygen atoms in total. The van der Waals surface area contributed by atoms with Gasteiger partial charge in [0.1, 0.15) is 17.7 Å². The Morgan fingerprint density at radius 2 is 1.70 bits per heavy atom. The van der Waals surface area contributed by atoms with Crippen LogP contribution in [0.4, 0.5) is 4.79 Å². The fourth-order valence-electron chi connectivity index (χ4n) is 4.91. The van der Waals surface area contributed by atoms with Crippen molar-refractivity contribution in [1.29, 1.82) is 0 Å². The molecule has 206 valence electrons. The Morgan fingerprint density at radius 1 is 1.08 bits per heavy atom. The third-order valence-electron chi connectivity index (χ3n) is 6.86. The lowest BCUT2D eigenvalue weighted by Gasteiger charge is -2.37. The lowest BCUT2D eigenvalue weighted by atomic mass is 9.96. The van der Waals surface area contributed by atoms with Crippen LogP contribution >= 0.6 is 0 Å². The lowest BCUT2D eigenvalue weighted by molar-refractivity contribution is -0.149. The van der Waals surface area contributed by atoms with Gasteiger partial charge in [0, 0.05) is 26.2 Å². The molecule has 0 saturated carbocycles. The second-order valence-corrected chi connectivity index (χ2v) is 12.8. The van der Waals surface area contributed by atoms with Crippen LogP contribution in [0.1, 0.15) is 58.9 Å². The summed E-state index contributed by atoms with van der Waals surface area (Å²) < 4.78 is 34.0. The molecule has 0 spiro atoms. The minimum atomic E-state index is -3.91. The van der Waals surface area contributed by atoms with Crippen LogP contribution in [-0.4, -0.2) is 89.5 Å². The number of carboxylic acids is 1. The van der Waals surface area contributed by atoms with Gasteiger partial charge in [0.05, 0.1) is 5.75 Å². The largest absolute Gasteiger partial charge is 0.480 e. The second kappa shape index (κ2) is 11.8. The predicted octanol–water partition coefficient (Wildman–Crippen LogP) is 2.93. The first kappa shape index (κ1) is 28.9. The van der Waals surface area contributed by atoms with Crippen molar-refractivity contribution < 1.29 is 32.6 Å². The molecule has 0 unspecified atom stereocenters. The molecule has 2 amide bonds. The van der Waals surface area contributed by atoms with Gasteiger partial charge in [-0.15, -0.1) is 0 Å². The molecular formula is C26H39N3O7S. The van der Waals surface area contributed by atoms with Crippen LogP contribution in [0.25, 0.3) is 0 Å². The Bertz CT molecular complexity index is 1060. The summed E-state index contributed by atoms with van der Waals surface area (Å²) >= 11 is 0. The zero-order valence-corrected chi connectivity index (χ0v) is 22.9. The summed E-state index contributed by atoms with van der Waals surface area (Å²) in [4.78, 5) is 40.4. The van der Waals surface area contributed by atoms with Crippen molar-refractivity contribution in [3.63, 3.8) is 0 Å². The molecular weight excluding hydrogens is 498 g/mol. The van der Waals surface area contributed by atoms with Gasteiger partial charge in [-0.05, 0) is 64.9 Å². The smallest absolute Gasteiger partial charge is 0.410 e. The summed E-state index contributed by atoms with van der Waals surface area (Å²) in [6.07, 6.45) is 1.66. The highest BCUT2D eigenvalue weighted by Gasteiger charge is 2.41. The van der Waals surface area contributed by atoms with Crippen LogP contribution in [0.5, 0.6) is 0 Å². The van der Waals surface area contributed by atoms with Gasteiger partial charge in [-0.1, -0.05) is 30.3 Å². The van der Waals surface area contributed by atoms with E-state index in [9.17, 15) is 27.9 Å². The molecule has 0 radical (unpaired) electrons.